The van der Waals surface area contributed by atoms with Crippen LogP contribution < -0.4 is 10.1 Å². The molecule has 1 heterocycles. The molecular formula is C16H19N3O4. The average molecular weight is 317 g/mol. The Bertz CT molecular complexity index is 654. The van der Waals surface area contributed by atoms with Gasteiger partial charge in [0.2, 0.25) is 5.91 Å². The molecule has 0 unspecified atom stereocenters. The third-order valence-electron chi connectivity index (χ3n) is 3.07. The number of carbonyl (C=O) groups is 2. The summed E-state index contributed by atoms with van der Waals surface area (Å²) in [6, 6.07) is 10.7. The highest BCUT2D eigenvalue weighted by Gasteiger charge is 2.17. The number of amides is 2. The van der Waals surface area contributed by atoms with E-state index in [0.717, 1.165) is 0 Å². The highest BCUT2D eigenvalue weighted by Crippen LogP contribution is 2.09. The van der Waals surface area contributed by atoms with Gasteiger partial charge in [-0.05, 0) is 26.0 Å². The Labute approximate surface area is 134 Å². The second-order valence-electron chi connectivity index (χ2n) is 4.88. The fraction of sp³-hybridized carbons (Fsp3) is 0.312. The smallest absolute Gasteiger partial charge is 0.260 e. The van der Waals surface area contributed by atoms with Crippen molar-refractivity contribution in [2.75, 3.05) is 25.0 Å². The van der Waals surface area contributed by atoms with Crippen LogP contribution in [0.2, 0.25) is 0 Å². The number of hydrogen-bond acceptors (Lipinski definition) is 5. The quantitative estimate of drug-likeness (QED) is 0.842. The van der Waals surface area contributed by atoms with Gasteiger partial charge in [0.25, 0.3) is 5.91 Å². The Balaban J connectivity index is 1.83. The Kier molecular flexibility index (Phi) is 5.74. The highest BCUT2D eigenvalue weighted by atomic mass is 16.5. The number of para-hydroxylation sites is 1. The lowest BCUT2D eigenvalue weighted by molar-refractivity contribution is -0.136. The molecule has 0 aliphatic heterocycles. The number of nitrogens with one attached hydrogen (secondary N) is 1. The lowest BCUT2D eigenvalue weighted by Gasteiger charge is -2.20. The second kappa shape index (κ2) is 7.98. The molecule has 1 N–H and O–H groups in total. The molecule has 0 saturated carbocycles. The molecular weight excluding hydrogens is 298 g/mol. The SMILES string of the molecule is CCN(CC(=O)Nc1cc(C)on1)C(=O)COc1ccccc1. The van der Waals surface area contributed by atoms with Gasteiger partial charge in [-0.25, -0.2) is 0 Å². The van der Waals surface area contributed by atoms with Crippen LogP contribution in [0.3, 0.4) is 0 Å². The molecule has 122 valence electrons. The molecule has 2 rings (SSSR count). The topological polar surface area (TPSA) is 84.7 Å². The van der Waals surface area contributed by atoms with E-state index in [0.29, 0.717) is 23.9 Å². The van der Waals surface area contributed by atoms with Crippen molar-refractivity contribution in [2.24, 2.45) is 0 Å². The van der Waals surface area contributed by atoms with Crippen molar-refractivity contribution >= 4 is 17.6 Å². The van der Waals surface area contributed by atoms with Gasteiger partial charge in [0.05, 0.1) is 6.54 Å². The molecule has 0 aliphatic rings. The Morgan fingerprint density at radius 1 is 1.30 bits per heavy atom. The van der Waals surface area contributed by atoms with Crippen LogP contribution >= 0.6 is 0 Å². The summed E-state index contributed by atoms with van der Waals surface area (Å²) in [5, 5.41) is 6.25. The van der Waals surface area contributed by atoms with Gasteiger partial charge in [-0.2, -0.15) is 0 Å². The summed E-state index contributed by atoms with van der Waals surface area (Å²) in [6.45, 7) is 3.75. The maximum atomic E-state index is 12.1. The monoisotopic (exact) mass is 317 g/mol. The van der Waals surface area contributed by atoms with E-state index in [4.69, 9.17) is 9.26 Å². The fourth-order valence-corrected chi connectivity index (χ4v) is 1.91. The first kappa shape index (κ1) is 16.5. The minimum Gasteiger partial charge on any atom is -0.484 e. The molecule has 2 aromatic rings. The lowest BCUT2D eigenvalue weighted by atomic mass is 10.3. The van der Waals surface area contributed by atoms with Gasteiger partial charge in [0.1, 0.15) is 11.5 Å². The molecule has 1 aromatic heterocycles. The largest absolute Gasteiger partial charge is 0.484 e. The number of ether oxygens (including phenoxy) is 1. The van der Waals surface area contributed by atoms with Crippen molar-refractivity contribution in [3.8, 4) is 5.75 Å². The highest BCUT2D eigenvalue weighted by molar-refractivity contribution is 5.94. The predicted octanol–water partition coefficient (Wildman–Crippen LogP) is 1.85. The van der Waals surface area contributed by atoms with Crippen LogP contribution in [0.25, 0.3) is 0 Å². The van der Waals surface area contributed by atoms with E-state index < -0.39 is 0 Å². The van der Waals surface area contributed by atoms with Crippen molar-refractivity contribution in [1.82, 2.24) is 10.1 Å². The Morgan fingerprint density at radius 2 is 2.04 bits per heavy atom. The predicted molar refractivity (Wildman–Crippen MR) is 84.1 cm³/mol. The third-order valence-corrected chi connectivity index (χ3v) is 3.07. The first-order chi connectivity index (χ1) is 11.1. The van der Waals surface area contributed by atoms with E-state index in [-0.39, 0.29) is 25.0 Å². The van der Waals surface area contributed by atoms with Crippen molar-refractivity contribution in [3.05, 3.63) is 42.2 Å². The molecule has 2 amide bonds. The summed E-state index contributed by atoms with van der Waals surface area (Å²) in [5.41, 5.74) is 0. The summed E-state index contributed by atoms with van der Waals surface area (Å²) >= 11 is 0. The maximum Gasteiger partial charge on any atom is 0.260 e. The van der Waals surface area contributed by atoms with Crippen LogP contribution in [0.15, 0.2) is 40.9 Å². The van der Waals surface area contributed by atoms with Crippen LogP contribution in [0, 0.1) is 6.92 Å². The van der Waals surface area contributed by atoms with Gasteiger partial charge >= 0.3 is 0 Å². The summed E-state index contributed by atoms with van der Waals surface area (Å²) in [5.74, 6) is 0.937. The normalized spacial score (nSPS) is 10.2. The Morgan fingerprint density at radius 3 is 2.65 bits per heavy atom. The maximum absolute atomic E-state index is 12.1. The number of anilines is 1. The van der Waals surface area contributed by atoms with E-state index in [1.165, 1.54) is 4.90 Å². The van der Waals surface area contributed by atoms with Crippen LogP contribution in [0.1, 0.15) is 12.7 Å². The second-order valence-corrected chi connectivity index (χ2v) is 4.88. The zero-order valence-corrected chi connectivity index (χ0v) is 13.1. The molecule has 23 heavy (non-hydrogen) atoms. The molecule has 0 radical (unpaired) electrons. The van der Waals surface area contributed by atoms with Crippen LogP contribution in [0.4, 0.5) is 5.82 Å². The molecule has 0 atom stereocenters. The lowest BCUT2D eigenvalue weighted by Crippen LogP contribution is -2.40. The van der Waals surface area contributed by atoms with E-state index in [1.807, 2.05) is 18.2 Å². The number of benzene rings is 1. The van der Waals surface area contributed by atoms with E-state index in [2.05, 4.69) is 10.5 Å². The third kappa shape index (κ3) is 5.14. The van der Waals surface area contributed by atoms with E-state index in [1.54, 1.807) is 32.0 Å². The van der Waals surface area contributed by atoms with Gasteiger partial charge < -0.3 is 19.5 Å². The van der Waals surface area contributed by atoms with Crippen LogP contribution in [-0.2, 0) is 9.59 Å². The zero-order chi connectivity index (χ0) is 16.7. The molecule has 0 aliphatic carbocycles. The van der Waals surface area contributed by atoms with Gasteiger partial charge in [0, 0.05) is 12.6 Å². The van der Waals surface area contributed by atoms with Crippen molar-refractivity contribution in [2.45, 2.75) is 13.8 Å². The van der Waals surface area contributed by atoms with Crippen LogP contribution in [-0.4, -0.2) is 41.6 Å². The van der Waals surface area contributed by atoms with Crippen LogP contribution in [0.5, 0.6) is 5.75 Å². The molecule has 0 spiro atoms. The van der Waals surface area contributed by atoms with Gasteiger partial charge in [-0.1, -0.05) is 23.4 Å². The van der Waals surface area contributed by atoms with E-state index >= 15 is 0 Å². The molecule has 7 heteroatoms. The molecule has 7 nitrogen and oxygen atoms in total. The summed E-state index contributed by atoms with van der Waals surface area (Å²) < 4.78 is 10.3. The van der Waals surface area contributed by atoms with Gasteiger partial charge in [-0.15, -0.1) is 0 Å². The summed E-state index contributed by atoms with van der Waals surface area (Å²) in [7, 11) is 0. The Hall–Kier alpha value is -2.83. The number of likely N-dealkylation sites (N-methyl/N-ethyl adjacent to an activating group) is 1. The van der Waals surface area contributed by atoms with Gasteiger partial charge in [0.15, 0.2) is 12.4 Å². The minimum atomic E-state index is -0.340. The number of hydrogen-bond donors (Lipinski definition) is 1. The van der Waals surface area contributed by atoms with E-state index in [9.17, 15) is 9.59 Å². The summed E-state index contributed by atoms with van der Waals surface area (Å²) in [6.07, 6.45) is 0. The number of carbonyl (C=O) groups excluding carboxylic acids is 2. The number of aromatic nitrogens is 1. The van der Waals surface area contributed by atoms with Crippen molar-refractivity contribution in [3.63, 3.8) is 0 Å². The van der Waals surface area contributed by atoms with Crippen molar-refractivity contribution in [1.29, 1.82) is 0 Å². The fourth-order valence-electron chi connectivity index (χ4n) is 1.91. The number of rotatable bonds is 7. The molecule has 0 saturated heterocycles. The number of aryl methyl sites for hydroxylation is 1. The standard InChI is InChI=1S/C16H19N3O4/c1-3-19(10-15(20)17-14-9-12(2)23-18-14)16(21)11-22-13-7-5-4-6-8-13/h4-9H,3,10-11H2,1-2H3,(H,17,18,20). The minimum absolute atomic E-state index is 0.0700. The van der Waals surface area contributed by atoms with Crippen molar-refractivity contribution < 1.29 is 18.8 Å². The number of nitrogens with zero attached hydrogens (tertiary/aromatic N) is 2. The van der Waals surface area contributed by atoms with Gasteiger partial charge in [-0.3, -0.25) is 9.59 Å². The first-order valence-corrected chi connectivity index (χ1v) is 7.27. The first-order valence-electron chi connectivity index (χ1n) is 7.27. The zero-order valence-electron chi connectivity index (χ0n) is 13.1. The molecule has 1 aromatic carbocycles. The average Bonchev–Trinajstić information content (AvgIpc) is 2.96. The molecule has 0 bridgehead atoms. The summed E-state index contributed by atoms with van der Waals surface area (Å²) in [4.78, 5) is 25.5. The molecule has 0 fully saturated rings.